The van der Waals surface area contributed by atoms with Crippen LogP contribution in [0.4, 0.5) is 14.5 Å². The van der Waals surface area contributed by atoms with Crippen molar-refractivity contribution in [2.24, 2.45) is 0 Å². The quantitative estimate of drug-likeness (QED) is 0.848. The molecule has 0 atom stereocenters. The Morgan fingerprint density at radius 3 is 2.50 bits per heavy atom. The van der Waals surface area contributed by atoms with Crippen LogP contribution in [0.5, 0.6) is 0 Å². The number of nitrogens with one attached hydrogen (secondary N) is 1. The molecule has 2 aromatic carbocycles. The number of rotatable bonds is 3. The molecule has 0 bridgehead atoms. The number of anilines is 1. The van der Waals surface area contributed by atoms with E-state index in [2.05, 4.69) is 5.32 Å². The molecular weight excluding hydrogens is 279 g/mol. The maximum absolute atomic E-state index is 13.0. The molecule has 1 nitrogen and oxygen atoms in total. The lowest BCUT2D eigenvalue weighted by atomic mass is 10.2. The van der Waals surface area contributed by atoms with Crippen molar-refractivity contribution < 1.29 is 8.78 Å². The average molecular weight is 288 g/mol. The van der Waals surface area contributed by atoms with Crippen molar-refractivity contribution in [1.82, 2.24) is 0 Å². The molecule has 0 heterocycles. The van der Waals surface area contributed by atoms with E-state index in [1.54, 1.807) is 18.2 Å². The molecule has 0 aromatic heterocycles. The second kappa shape index (κ2) is 5.55. The van der Waals surface area contributed by atoms with Gasteiger partial charge in [0, 0.05) is 18.3 Å². The summed E-state index contributed by atoms with van der Waals surface area (Å²) in [5.74, 6) is -1.77. The molecule has 0 spiro atoms. The first kappa shape index (κ1) is 13.1. The summed E-state index contributed by atoms with van der Waals surface area (Å²) in [5, 5.41) is 3.86. The summed E-state index contributed by atoms with van der Waals surface area (Å²) in [7, 11) is 0. The minimum absolute atomic E-state index is 0.379. The van der Waals surface area contributed by atoms with Crippen molar-refractivity contribution in [3.05, 3.63) is 63.6 Å². The molecule has 0 amide bonds. The van der Waals surface area contributed by atoms with Crippen LogP contribution in [0.1, 0.15) is 5.56 Å². The van der Waals surface area contributed by atoms with Crippen LogP contribution in [0.15, 0.2) is 36.4 Å². The van der Waals surface area contributed by atoms with E-state index in [9.17, 15) is 8.78 Å². The van der Waals surface area contributed by atoms with Gasteiger partial charge in [-0.3, -0.25) is 0 Å². The molecule has 2 aromatic rings. The van der Waals surface area contributed by atoms with E-state index in [0.717, 1.165) is 17.7 Å². The van der Waals surface area contributed by atoms with Crippen LogP contribution >= 0.6 is 23.2 Å². The maximum Gasteiger partial charge on any atom is 0.160 e. The Morgan fingerprint density at radius 1 is 1.00 bits per heavy atom. The molecular formula is C13H9Cl2F2N. The number of hydrogen-bond acceptors (Lipinski definition) is 1. The normalized spacial score (nSPS) is 10.4. The Labute approximate surface area is 113 Å². The minimum Gasteiger partial charge on any atom is -0.381 e. The monoisotopic (exact) mass is 287 g/mol. The predicted octanol–water partition coefficient (Wildman–Crippen LogP) is 4.88. The Hall–Kier alpha value is -1.32. The van der Waals surface area contributed by atoms with Crippen LogP contribution in [0.2, 0.25) is 10.0 Å². The molecule has 18 heavy (non-hydrogen) atoms. The van der Waals surface area contributed by atoms with Crippen LogP contribution < -0.4 is 5.32 Å². The highest BCUT2D eigenvalue weighted by Crippen LogP contribution is 2.26. The fourth-order valence-electron chi connectivity index (χ4n) is 1.49. The van der Waals surface area contributed by atoms with Gasteiger partial charge in [-0.05, 0) is 23.8 Å². The van der Waals surface area contributed by atoms with Crippen molar-refractivity contribution in [2.45, 2.75) is 6.54 Å². The van der Waals surface area contributed by atoms with Gasteiger partial charge in [-0.2, -0.15) is 0 Å². The third-order valence-electron chi connectivity index (χ3n) is 2.43. The van der Waals surface area contributed by atoms with Gasteiger partial charge in [0.25, 0.3) is 0 Å². The van der Waals surface area contributed by atoms with E-state index in [1.807, 2.05) is 0 Å². The first-order chi connectivity index (χ1) is 8.58. The molecule has 0 unspecified atom stereocenters. The number of benzene rings is 2. The molecule has 1 N–H and O–H groups in total. The average Bonchev–Trinajstić information content (AvgIpc) is 2.35. The fourth-order valence-corrected chi connectivity index (χ4v) is 1.88. The van der Waals surface area contributed by atoms with Gasteiger partial charge in [0.1, 0.15) is 0 Å². The highest BCUT2D eigenvalue weighted by molar-refractivity contribution is 6.42. The lowest BCUT2D eigenvalue weighted by Gasteiger charge is -2.09. The van der Waals surface area contributed by atoms with Gasteiger partial charge in [-0.25, -0.2) is 8.78 Å². The van der Waals surface area contributed by atoms with E-state index >= 15 is 0 Å². The van der Waals surface area contributed by atoms with Crippen molar-refractivity contribution in [2.75, 3.05) is 5.32 Å². The van der Waals surface area contributed by atoms with Crippen LogP contribution in [-0.4, -0.2) is 0 Å². The molecule has 0 fully saturated rings. The Bertz CT molecular complexity index is 573. The van der Waals surface area contributed by atoms with Gasteiger partial charge in [-0.1, -0.05) is 35.3 Å². The van der Waals surface area contributed by atoms with Crippen molar-refractivity contribution in [3.8, 4) is 0 Å². The van der Waals surface area contributed by atoms with Gasteiger partial charge >= 0.3 is 0 Å². The predicted molar refractivity (Wildman–Crippen MR) is 70.1 cm³/mol. The van der Waals surface area contributed by atoms with Crippen LogP contribution in [0, 0.1) is 11.6 Å². The highest BCUT2D eigenvalue weighted by Gasteiger charge is 2.05. The molecule has 94 valence electrons. The smallest absolute Gasteiger partial charge is 0.160 e. The zero-order valence-corrected chi connectivity index (χ0v) is 10.7. The third-order valence-corrected chi connectivity index (χ3v) is 3.29. The molecule has 0 aliphatic rings. The van der Waals surface area contributed by atoms with Crippen molar-refractivity contribution in [1.29, 1.82) is 0 Å². The number of hydrogen-bond donors (Lipinski definition) is 1. The molecule has 2 rings (SSSR count). The minimum atomic E-state index is -0.891. The zero-order chi connectivity index (χ0) is 13.1. The van der Waals surface area contributed by atoms with E-state index in [-0.39, 0.29) is 0 Å². The lowest BCUT2D eigenvalue weighted by Crippen LogP contribution is -2.01. The standard InChI is InChI=1S/C13H9Cl2F2N/c14-10-3-1-2-8(13(10)15)7-18-9-4-5-11(16)12(17)6-9/h1-6,18H,7H2. The summed E-state index contributed by atoms with van der Waals surface area (Å²) >= 11 is 11.9. The summed E-state index contributed by atoms with van der Waals surface area (Å²) in [4.78, 5) is 0. The molecule has 0 saturated carbocycles. The summed E-state index contributed by atoms with van der Waals surface area (Å²) in [6.45, 7) is 0.379. The molecule has 5 heteroatoms. The molecule has 0 aliphatic heterocycles. The number of halogens is 4. The topological polar surface area (TPSA) is 12.0 Å². The first-order valence-corrected chi connectivity index (χ1v) is 5.95. The molecule has 0 saturated heterocycles. The summed E-state index contributed by atoms with van der Waals surface area (Å²) < 4.78 is 25.7. The van der Waals surface area contributed by atoms with Crippen molar-refractivity contribution in [3.63, 3.8) is 0 Å². The van der Waals surface area contributed by atoms with E-state index in [1.165, 1.54) is 6.07 Å². The van der Waals surface area contributed by atoms with Gasteiger partial charge in [-0.15, -0.1) is 0 Å². The lowest BCUT2D eigenvalue weighted by molar-refractivity contribution is 0.509. The Kier molecular flexibility index (Phi) is 4.04. The second-order valence-corrected chi connectivity index (χ2v) is 4.48. The Morgan fingerprint density at radius 2 is 1.78 bits per heavy atom. The van der Waals surface area contributed by atoms with Gasteiger partial charge in [0.15, 0.2) is 11.6 Å². The summed E-state index contributed by atoms with van der Waals surface area (Å²) in [6.07, 6.45) is 0. The molecule has 0 radical (unpaired) electrons. The van der Waals surface area contributed by atoms with Crippen molar-refractivity contribution >= 4 is 28.9 Å². The molecule has 0 aliphatic carbocycles. The van der Waals surface area contributed by atoms with E-state index in [0.29, 0.717) is 22.3 Å². The highest BCUT2D eigenvalue weighted by atomic mass is 35.5. The van der Waals surface area contributed by atoms with Gasteiger partial charge < -0.3 is 5.32 Å². The van der Waals surface area contributed by atoms with E-state index < -0.39 is 11.6 Å². The van der Waals surface area contributed by atoms with Crippen LogP contribution in [-0.2, 0) is 6.54 Å². The van der Waals surface area contributed by atoms with E-state index in [4.69, 9.17) is 23.2 Å². The second-order valence-electron chi connectivity index (χ2n) is 3.70. The van der Waals surface area contributed by atoms with Crippen LogP contribution in [0.3, 0.4) is 0 Å². The summed E-state index contributed by atoms with van der Waals surface area (Å²) in [6, 6.07) is 8.88. The Balaban J connectivity index is 2.11. The van der Waals surface area contributed by atoms with Crippen LogP contribution in [0.25, 0.3) is 0 Å². The third kappa shape index (κ3) is 2.92. The van der Waals surface area contributed by atoms with Gasteiger partial charge in [0.2, 0.25) is 0 Å². The summed E-state index contributed by atoms with van der Waals surface area (Å²) in [5.41, 5.74) is 1.26. The zero-order valence-electron chi connectivity index (χ0n) is 9.18. The maximum atomic E-state index is 13.0. The largest absolute Gasteiger partial charge is 0.381 e. The first-order valence-electron chi connectivity index (χ1n) is 5.20. The fraction of sp³-hybridized carbons (Fsp3) is 0.0769. The SMILES string of the molecule is Fc1ccc(NCc2cccc(Cl)c2Cl)cc1F. The van der Waals surface area contributed by atoms with Gasteiger partial charge in [0.05, 0.1) is 10.0 Å².